The maximum absolute atomic E-state index is 12.8. The van der Waals surface area contributed by atoms with Crippen molar-refractivity contribution >= 4 is 11.7 Å². The summed E-state index contributed by atoms with van der Waals surface area (Å²) in [6.45, 7) is 0. The fraction of sp³-hybridized carbons (Fsp3) is 0.733. The number of anilines is 1. The summed E-state index contributed by atoms with van der Waals surface area (Å²) in [5.74, 6) is 3.49. The predicted octanol–water partition coefficient (Wildman–Crippen LogP) is 2.58. The first-order chi connectivity index (χ1) is 9.14. The largest absolute Gasteiger partial charge is 0.310 e. The smallest absolute Gasteiger partial charge is 0.231 e. The van der Waals surface area contributed by atoms with Crippen molar-refractivity contribution in [1.29, 1.82) is 0 Å². The normalized spacial score (nSPS) is 39.5. The standard InChI is InChI=1S/C15H21N3O/c1-18-13(2-3-16-18)17-14(19)15-7-10-4-11(8-15)6-12(5-10)9-15/h2-3,10-12H,4-9H2,1H3,(H,17,19). The van der Waals surface area contributed by atoms with Gasteiger partial charge in [0.15, 0.2) is 0 Å². The van der Waals surface area contributed by atoms with Crippen molar-refractivity contribution in [3.8, 4) is 0 Å². The lowest BCUT2D eigenvalue weighted by atomic mass is 9.49. The molecule has 0 unspecified atom stereocenters. The van der Waals surface area contributed by atoms with Crippen molar-refractivity contribution in [1.82, 2.24) is 9.78 Å². The molecule has 4 fully saturated rings. The van der Waals surface area contributed by atoms with E-state index in [9.17, 15) is 4.79 Å². The van der Waals surface area contributed by atoms with Crippen molar-refractivity contribution in [2.75, 3.05) is 5.32 Å². The minimum Gasteiger partial charge on any atom is -0.310 e. The molecule has 1 aromatic rings. The number of hydrogen-bond acceptors (Lipinski definition) is 2. The zero-order valence-corrected chi connectivity index (χ0v) is 11.4. The molecule has 4 saturated carbocycles. The molecule has 0 spiro atoms. The molecule has 0 radical (unpaired) electrons. The van der Waals surface area contributed by atoms with Crippen LogP contribution in [0.5, 0.6) is 0 Å². The van der Waals surface area contributed by atoms with Crippen LogP contribution in [-0.2, 0) is 11.8 Å². The van der Waals surface area contributed by atoms with Crippen LogP contribution in [-0.4, -0.2) is 15.7 Å². The molecule has 0 aromatic carbocycles. The fourth-order valence-corrected chi connectivity index (χ4v) is 5.13. The van der Waals surface area contributed by atoms with E-state index in [0.29, 0.717) is 0 Å². The Morgan fingerprint density at radius 3 is 2.32 bits per heavy atom. The van der Waals surface area contributed by atoms with E-state index in [1.165, 1.54) is 19.3 Å². The number of rotatable bonds is 2. The zero-order chi connectivity index (χ0) is 13.0. The molecule has 0 aliphatic heterocycles. The van der Waals surface area contributed by atoms with Gasteiger partial charge in [0.2, 0.25) is 5.91 Å². The minimum absolute atomic E-state index is 0.0704. The molecular weight excluding hydrogens is 238 g/mol. The summed E-state index contributed by atoms with van der Waals surface area (Å²) in [6.07, 6.45) is 9.19. The molecule has 4 aliphatic rings. The van der Waals surface area contributed by atoms with E-state index in [1.54, 1.807) is 10.9 Å². The number of nitrogens with zero attached hydrogens (tertiary/aromatic N) is 2. The summed E-state index contributed by atoms with van der Waals surface area (Å²) in [7, 11) is 1.87. The molecule has 4 nitrogen and oxygen atoms in total. The third-order valence-electron chi connectivity index (χ3n) is 5.58. The average molecular weight is 259 g/mol. The van der Waals surface area contributed by atoms with Crippen LogP contribution in [0.2, 0.25) is 0 Å². The Hall–Kier alpha value is -1.32. The van der Waals surface area contributed by atoms with Crippen LogP contribution in [0.25, 0.3) is 0 Å². The molecule has 4 heteroatoms. The van der Waals surface area contributed by atoms with Gasteiger partial charge in [0, 0.05) is 13.1 Å². The number of carbonyl (C=O) groups excluding carboxylic acids is 1. The molecule has 1 N–H and O–H groups in total. The van der Waals surface area contributed by atoms with Gasteiger partial charge in [-0.05, 0) is 56.3 Å². The van der Waals surface area contributed by atoms with E-state index in [4.69, 9.17) is 0 Å². The van der Waals surface area contributed by atoms with Gasteiger partial charge in [-0.3, -0.25) is 9.48 Å². The first kappa shape index (κ1) is 11.5. The fourth-order valence-electron chi connectivity index (χ4n) is 5.13. The Morgan fingerprint density at radius 2 is 1.84 bits per heavy atom. The second-order valence-electron chi connectivity index (χ2n) is 6.99. The van der Waals surface area contributed by atoms with Gasteiger partial charge in [-0.2, -0.15) is 5.10 Å². The van der Waals surface area contributed by atoms with Gasteiger partial charge >= 0.3 is 0 Å². The minimum atomic E-state index is -0.0704. The monoisotopic (exact) mass is 259 g/mol. The summed E-state index contributed by atoms with van der Waals surface area (Å²) < 4.78 is 1.73. The van der Waals surface area contributed by atoms with Crippen molar-refractivity contribution in [2.45, 2.75) is 38.5 Å². The highest BCUT2D eigenvalue weighted by Crippen LogP contribution is 2.60. The number of aryl methyl sites for hydroxylation is 1. The first-order valence-corrected chi connectivity index (χ1v) is 7.44. The Bertz CT molecular complexity index is 484. The van der Waals surface area contributed by atoms with Gasteiger partial charge in [-0.25, -0.2) is 0 Å². The molecule has 0 saturated heterocycles. The number of nitrogens with one attached hydrogen (secondary N) is 1. The molecular formula is C15H21N3O. The number of hydrogen-bond donors (Lipinski definition) is 1. The van der Waals surface area contributed by atoms with Gasteiger partial charge < -0.3 is 5.32 Å². The first-order valence-electron chi connectivity index (χ1n) is 7.44. The summed E-state index contributed by atoms with van der Waals surface area (Å²) >= 11 is 0. The van der Waals surface area contributed by atoms with Crippen LogP contribution in [0, 0.1) is 23.2 Å². The Morgan fingerprint density at radius 1 is 1.26 bits per heavy atom. The summed E-state index contributed by atoms with van der Waals surface area (Å²) in [4.78, 5) is 12.8. The molecule has 19 heavy (non-hydrogen) atoms. The second kappa shape index (κ2) is 3.84. The van der Waals surface area contributed by atoms with Gasteiger partial charge in [0.25, 0.3) is 0 Å². The van der Waals surface area contributed by atoms with E-state index in [2.05, 4.69) is 10.4 Å². The summed E-state index contributed by atoms with van der Waals surface area (Å²) in [6, 6.07) is 1.87. The lowest BCUT2D eigenvalue weighted by Gasteiger charge is -2.55. The second-order valence-corrected chi connectivity index (χ2v) is 6.99. The quantitative estimate of drug-likeness (QED) is 0.887. The molecule has 4 aliphatic carbocycles. The van der Waals surface area contributed by atoms with Crippen molar-refractivity contribution < 1.29 is 4.79 Å². The van der Waals surface area contributed by atoms with Gasteiger partial charge in [0.1, 0.15) is 5.82 Å². The molecule has 4 bridgehead atoms. The maximum atomic E-state index is 12.8. The van der Waals surface area contributed by atoms with E-state index in [1.807, 2.05) is 13.1 Å². The SMILES string of the molecule is Cn1nccc1NC(=O)C12CC3CC(CC(C3)C1)C2. The van der Waals surface area contributed by atoms with Gasteiger partial charge in [-0.15, -0.1) is 0 Å². The number of aromatic nitrogens is 2. The number of carbonyl (C=O) groups is 1. The molecule has 1 amide bonds. The van der Waals surface area contributed by atoms with Gasteiger partial charge in [-0.1, -0.05) is 0 Å². The van der Waals surface area contributed by atoms with Crippen LogP contribution in [0.15, 0.2) is 12.3 Å². The van der Waals surface area contributed by atoms with Crippen LogP contribution >= 0.6 is 0 Å². The highest BCUT2D eigenvalue weighted by molar-refractivity contribution is 5.95. The van der Waals surface area contributed by atoms with Crippen LogP contribution in [0.4, 0.5) is 5.82 Å². The van der Waals surface area contributed by atoms with E-state index < -0.39 is 0 Å². The van der Waals surface area contributed by atoms with Crippen molar-refractivity contribution in [3.05, 3.63) is 12.3 Å². The third-order valence-corrected chi connectivity index (χ3v) is 5.58. The maximum Gasteiger partial charge on any atom is 0.231 e. The molecule has 5 rings (SSSR count). The Balaban J connectivity index is 1.58. The third kappa shape index (κ3) is 1.72. The topological polar surface area (TPSA) is 46.9 Å². The van der Waals surface area contributed by atoms with Crippen LogP contribution < -0.4 is 5.32 Å². The Labute approximate surface area is 113 Å². The molecule has 102 valence electrons. The Kier molecular flexibility index (Phi) is 2.32. The molecule has 0 atom stereocenters. The lowest BCUT2D eigenvalue weighted by Crippen LogP contribution is -2.51. The summed E-state index contributed by atoms with van der Waals surface area (Å²) in [5.41, 5.74) is -0.0704. The average Bonchev–Trinajstić information content (AvgIpc) is 2.73. The molecule has 1 heterocycles. The predicted molar refractivity (Wildman–Crippen MR) is 72.4 cm³/mol. The zero-order valence-electron chi connectivity index (χ0n) is 11.4. The van der Waals surface area contributed by atoms with Crippen LogP contribution in [0.3, 0.4) is 0 Å². The highest BCUT2D eigenvalue weighted by atomic mass is 16.2. The van der Waals surface area contributed by atoms with Gasteiger partial charge in [0.05, 0.1) is 11.6 Å². The van der Waals surface area contributed by atoms with Crippen molar-refractivity contribution in [3.63, 3.8) is 0 Å². The lowest BCUT2D eigenvalue weighted by molar-refractivity contribution is -0.140. The van der Waals surface area contributed by atoms with E-state index in [0.717, 1.165) is 42.8 Å². The van der Waals surface area contributed by atoms with Crippen LogP contribution in [0.1, 0.15) is 38.5 Å². The highest BCUT2D eigenvalue weighted by Gasteiger charge is 2.54. The summed E-state index contributed by atoms with van der Waals surface area (Å²) in [5, 5.41) is 7.23. The van der Waals surface area contributed by atoms with E-state index in [-0.39, 0.29) is 11.3 Å². The number of amides is 1. The van der Waals surface area contributed by atoms with Crippen molar-refractivity contribution in [2.24, 2.45) is 30.2 Å². The van der Waals surface area contributed by atoms with E-state index >= 15 is 0 Å². The molecule has 1 aromatic heterocycles.